The fraction of sp³-hybridized carbons (Fsp3) is 0. The minimum Gasteiger partial charge on any atom is -0.456 e. The van der Waals surface area contributed by atoms with Crippen LogP contribution in [0.25, 0.3) is 100 Å². The van der Waals surface area contributed by atoms with Crippen LogP contribution >= 0.6 is 0 Å². The largest absolute Gasteiger partial charge is 0.456 e. The lowest BCUT2D eigenvalue weighted by Crippen LogP contribution is -2.00. The Morgan fingerprint density at radius 2 is 0.780 bits per heavy atom. The number of benzene rings is 7. The minimum atomic E-state index is 0.591. The number of hydrogen-bond acceptors (Lipinski definition) is 5. The predicted octanol–water partition coefficient (Wildman–Crippen LogP) is 12.0. The molecular formula is C45H27N3O2. The quantitative estimate of drug-likeness (QED) is 0.187. The monoisotopic (exact) mass is 641 g/mol. The van der Waals surface area contributed by atoms with Crippen LogP contribution in [0.1, 0.15) is 0 Å². The molecule has 10 rings (SSSR count). The summed E-state index contributed by atoms with van der Waals surface area (Å²) < 4.78 is 12.7. The van der Waals surface area contributed by atoms with Gasteiger partial charge in [-0.15, -0.1) is 0 Å². The summed E-state index contributed by atoms with van der Waals surface area (Å²) in [7, 11) is 0. The van der Waals surface area contributed by atoms with Crippen LogP contribution in [0.2, 0.25) is 0 Å². The summed E-state index contributed by atoms with van der Waals surface area (Å²) in [5.74, 6) is 1.82. The molecule has 0 fully saturated rings. The highest BCUT2D eigenvalue weighted by molar-refractivity contribution is 6.13. The highest BCUT2D eigenvalue weighted by Gasteiger charge is 2.19. The van der Waals surface area contributed by atoms with E-state index in [2.05, 4.69) is 97.1 Å². The topological polar surface area (TPSA) is 65.0 Å². The van der Waals surface area contributed by atoms with E-state index in [1.54, 1.807) is 0 Å². The molecule has 3 aromatic heterocycles. The molecule has 10 aromatic rings. The zero-order valence-electron chi connectivity index (χ0n) is 26.7. The van der Waals surface area contributed by atoms with E-state index in [9.17, 15) is 0 Å². The van der Waals surface area contributed by atoms with Crippen molar-refractivity contribution in [3.63, 3.8) is 0 Å². The lowest BCUT2D eigenvalue weighted by atomic mass is 10.0. The molecule has 0 aliphatic rings. The number of nitrogens with zero attached hydrogens (tertiary/aromatic N) is 3. The third-order valence-electron chi connectivity index (χ3n) is 9.37. The van der Waals surface area contributed by atoms with Gasteiger partial charge in [-0.25, -0.2) is 15.0 Å². The van der Waals surface area contributed by atoms with Crippen molar-refractivity contribution in [2.24, 2.45) is 0 Å². The number of fused-ring (bicyclic) bond motifs is 6. The molecule has 0 bridgehead atoms. The van der Waals surface area contributed by atoms with Crippen molar-refractivity contribution < 1.29 is 8.83 Å². The highest BCUT2D eigenvalue weighted by Crippen LogP contribution is 2.39. The number of rotatable bonds is 5. The smallest absolute Gasteiger partial charge is 0.164 e. The number of para-hydroxylation sites is 1. The first kappa shape index (κ1) is 28.2. The van der Waals surface area contributed by atoms with Gasteiger partial charge in [0, 0.05) is 38.2 Å². The lowest BCUT2D eigenvalue weighted by molar-refractivity contribution is 0.668. The van der Waals surface area contributed by atoms with Crippen LogP contribution in [-0.4, -0.2) is 15.0 Å². The highest BCUT2D eigenvalue weighted by atomic mass is 16.3. The molecule has 0 atom stereocenters. The van der Waals surface area contributed by atoms with Gasteiger partial charge < -0.3 is 8.83 Å². The molecule has 0 spiro atoms. The molecule has 0 N–H and O–H groups in total. The molecule has 50 heavy (non-hydrogen) atoms. The van der Waals surface area contributed by atoms with Crippen LogP contribution in [0.3, 0.4) is 0 Å². The Balaban J connectivity index is 1.10. The number of hydrogen-bond donors (Lipinski definition) is 0. The molecule has 0 amide bonds. The second-order valence-corrected chi connectivity index (χ2v) is 12.4. The zero-order chi connectivity index (χ0) is 33.0. The molecule has 0 aliphatic carbocycles. The predicted molar refractivity (Wildman–Crippen MR) is 202 cm³/mol. The number of furan rings is 2. The van der Waals surface area contributed by atoms with Crippen molar-refractivity contribution in [2.75, 3.05) is 0 Å². The fourth-order valence-corrected chi connectivity index (χ4v) is 6.88. The van der Waals surface area contributed by atoms with Crippen LogP contribution in [0.5, 0.6) is 0 Å². The van der Waals surface area contributed by atoms with Gasteiger partial charge >= 0.3 is 0 Å². The first-order chi connectivity index (χ1) is 24.7. The summed E-state index contributed by atoms with van der Waals surface area (Å²) in [6.07, 6.45) is 0. The number of aromatic nitrogens is 3. The molecule has 5 nitrogen and oxygen atoms in total. The Morgan fingerprint density at radius 3 is 1.52 bits per heavy atom. The summed E-state index contributed by atoms with van der Waals surface area (Å²) >= 11 is 0. The molecule has 0 unspecified atom stereocenters. The Bertz CT molecular complexity index is 2850. The fourth-order valence-electron chi connectivity index (χ4n) is 6.88. The Kier molecular flexibility index (Phi) is 6.42. The van der Waals surface area contributed by atoms with Crippen molar-refractivity contribution in [1.29, 1.82) is 0 Å². The Labute approximate surface area is 287 Å². The van der Waals surface area contributed by atoms with E-state index >= 15 is 0 Å². The first-order valence-electron chi connectivity index (χ1n) is 16.6. The van der Waals surface area contributed by atoms with Gasteiger partial charge in [-0.3, -0.25) is 0 Å². The Morgan fingerprint density at radius 1 is 0.300 bits per heavy atom. The van der Waals surface area contributed by atoms with Gasteiger partial charge in [0.05, 0.1) is 0 Å². The van der Waals surface area contributed by atoms with Crippen LogP contribution in [-0.2, 0) is 0 Å². The van der Waals surface area contributed by atoms with Crippen LogP contribution < -0.4 is 0 Å². The maximum atomic E-state index is 6.50. The first-order valence-corrected chi connectivity index (χ1v) is 16.6. The van der Waals surface area contributed by atoms with Crippen molar-refractivity contribution in [1.82, 2.24) is 15.0 Å². The van der Waals surface area contributed by atoms with Crippen molar-refractivity contribution in [3.05, 3.63) is 164 Å². The normalized spacial score (nSPS) is 11.6. The molecule has 5 heteroatoms. The molecule has 0 aliphatic heterocycles. The van der Waals surface area contributed by atoms with Crippen LogP contribution in [0.4, 0.5) is 0 Å². The average Bonchev–Trinajstić information content (AvgIpc) is 3.76. The summed E-state index contributed by atoms with van der Waals surface area (Å²) in [5, 5.41) is 4.20. The minimum absolute atomic E-state index is 0.591. The van der Waals surface area contributed by atoms with E-state index in [0.29, 0.717) is 17.5 Å². The van der Waals surface area contributed by atoms with E-state index in [4.69, 9.17) is 23.8 Å². The van der Waals surface area contributed by atoms with Gasteiger partial charge in [0.1, 0.15) is 22.3 Å². The van der Waals surface area contributed by atoms with E-state index in [-0.39, 0.29) is 0 Å². The van der Waals surface area contributed by atoms with Gasteiger partial charge in [-0.1, -0.05) is 127 Å². The zero-order valence-corrected chi connectivity index (χ0v) is 26.7. The summed E-state index contributed by atoms with van der Waals surface area (Å²) in [4.78, 5) is 15.1. The van der Waals surface area contributed by atoms with E-state index in [1.165, 1.54) is 0 Å². The van der Waals surface area contributed by atoms with E-state index in [1.807, 2.05) is 66.7 Å². The molecule has 3 heterocycles. The van der Waals surface area contributed by atoms with Gasteiger partial charge in [0.2, 0.25) is 0 Å². The van der Waals surface area contributed by atoms with Gasteiger partial charge in [0.15, 0.2) is 17.5 Å². The molecular weight excluding hydrogens is 615 g/mol. The third kappa shape index (κ3) is 4.75. The van der Waals surface area contributed by atoms with Crippen LogP contribution in [0.15, 0.2) is 173 Å². The SMILES string of the molecule is c1ccc(-c2ccc(-c3nc(-c4ccccc4)nc(-c4cccc5oc6cc(-c7ccc8c(c7)oc7ccccc78)ccc6c45)n3)cc2)cc1. The molecule has 0 saturated carbocycles. The molecule has 234 valence electrons. The second kappa shape index (κ2) is 11.4. The van der Waals surface area contributed by atoms with Crippen molar-refractivity contribution >= 4 is 43.9 Å². The van der Waals surface area contributed by atoms with Gasteiger partial charge in [-0.05, 0) is 58.7 Å². The average molecular weight is 642 g/mol. The second-order valence-electron chi connectivity index (χ2n) is 12.4. The summed E-state index contributed by atoms with van der Waals surface area (Å²) in [6.45, 7) is 0. The lowest BCUT2D eigenvalue weighted by Gasteiger charge is -2.10. The summed E-state index contributed by atoms with van der Waals surface area (Å²) in [5.41, 5.74) is 10.5. The van der Waals surface area contributed by atoms with Gasteiger partial charge in [-0.2, -0.15) is 0 Å². The Hall–Kier alpha value is -6.85. The molecule has 7 aromatic carbocycles. The van der Waals surface area contributed by atoms with E-state index < -0.39 is 0 Å². The maximum absolute atomic E-state index is 6.50. The van der Waals surface area contributed by atoms with E-state index in [0.717, 1.165) is 82.8 Å². The van der Waals surface area contributed by atoms with Crippen molar-refractivity contribution in [2.45, 2.75) is 0 Å². The molecule has 0 saturated heterocycles. The third-order valence-corrected chi connectivity index (χ3v) is 9.37. The summed E-state index contributed by atoms with van der Waals surface area (Å²) in [6, 6.07) is 55.8. The van der Waals surface area contributed by atoms with Crippen LogP contribution in [0, 0.1) is 0 Å². The molecule has 0 radical (unpaired) electrons. The standard InChI is InChI=1S/C45H27N3O2/c1-3-10-28(11-4-1)29-18-20-31(21-19-29)44-46-43(30-12-5-2-6-13-30)47-45(48-44)37-15-9-17-39-42(37)36-25-23-33(27-41(36)50-39)32-22-24-35-34-14-7-8-16-38(34)49-40(35)26-32/h1-27H. The maximum Gasteiger partial charge on any atom is 0.164 e. The van der Waals surface area contributed by atoms with Gasteiger partial charge in [0.25, 0.3) is 0 Å². The van der Waals surface area contributed by atoms with Crippen molar-refractivity contribution in [3.8, 4) is 56.4 Å².